The van der Waals surface area contributed by atoms with Crippen LogP contribution in [-0.2, 0) is 6.54 Å². The van der Waals surface area contributed by atoms with Gasteiger partial charge in [-0.2, -0.15) is 0 Å². The van der Waals surface area contributed by atoms with Crippen molar-refractivity contribution in [2.75, 3.05) is 26.8 Å². The lowest BCUT2D eigenvalue weighted by atomic mass is 10.1. The van der Waals surface area contributed by atoms with Crippen molar-refractivity contribution in [2.24, 2.45) is 10.7 Å². The Hall–Kier alpha value is -1.42. The molecule has 0 spiro atoms. The van der Waals surface area contributed by atoms with Crippen molar-refractivity contribution in [3.63, 3.8) is 0 Å². The van der Waals surface area contributed by atoms with Gasteiger partial charge in [0.2, 0.25) is 0 Å². The van der Waals surface area contributed by atoms with E-state index in [0.29, 0.717) is 12.4 Å². The largest absolute Gasteiger partial charge is 0.384 e. The van der Waals surface area contributed by atoms with Crippen molar-refractivity contribution in [2.45, 2.75) is 26.3 Å². The predicted octanol–water partition coefficient (Wildman–Crippen LogP) is 2.59. The lowest BCUT2D eigenvalue weighted by Crippen LogP contribution is -2.26. The number of nitrogens with two attached hydrogens (primary N) is 1. The summed E-state index contributed by atoms with van der Waals surface area (Å²) in [6, 6.07) is 7.99. The molecule has 0 saturated heterocycles. The van der Waals surface area contributed by atoms with Crippen molar-refractivity contribution in [1.29, 1.82) is 0 Å². The number of amidine groups is 1. The van der Waals surface area contributed by atoms with E-state index in [1.807, 2.05) is 24.3 Å². The van der Waals surface area contributed by atoms with Crippen molar-refractivity contribution >= 4 is 5.84 Å². The normalized spacial score (nSPS) is 12.1. The number of benzene rings is 1. The molecule has 0 radical (unpaired) electrons. The molecule has 0 aromatic heterocycles. The molecule has 0 heterocycles. The Labute approximate surface area is 115 Å². The molecule has 0 atom stereocenters. The summed E-state index contributed by atoms with van der Waals surface area (Å²) in [7, 11) is 1.68. The van der Waals surface area contributed by atoms with Crippen LogP contribution < -0.4 is 5.73 Å². The van der Waals surface area contributed by atoms with Crippen molar-refractivity contribution in [3.05, 3.63) is 35.4 Å². The maximum Gasteiger partial charge on any atom is 0.125 e. The topological polar surface area (TPSA) is 41.6 Å². The quantitative estimate of drug-likeness (QED) is 0.580. The average Bonchev–Trinajstić information content (AvgIpc) is 2.45. The third-order valence-corrected chi connectivity index (χ3v) is 3.13. The summed E-state index contributed by atoms with van der Waals surface area (Å²) in [4.78, 5) is 6.10. The van der Waals surface area contributed by atoms with E-state index < -0.39 is 0 Å². The van der Waals surface area contributed by atoms with E-state index in [0.717, 1.165) is 31.5 Å². The van der Waals surface area contributed by atoms with Crippen LogP contribution in [0.15, 0.2) is 29.3 Å². The minimum absolute atomic E-state index is 0.294. The lowest BCUT2D eigenvalue weighted by molar-refractivity contribution is 0.237. The molecule has 0 aliphatic heterocycles. The lowest BCUT2D eigenvalue weighted by Gasteiger charge is -2.20. The van der Waals surface area contributed by atoms with E-state index in [2.05, 4.69) is 16.8 Å². The molecule has 0 fully saturated rings. The minimum atomic E-state index is -0.294. The average molecular weight is 265 g/mol. The predicted molar refractivity (Wildman–Crippen MR) is 79.3 cm³/mol. The van der Waals surface area contributed by atoms with Crippen LogP contribution in [0.3, 0.4) is 0 Å². The Balaban J connectivity index is 2.63. The third-order valence-electron chi connectivity index (χ3n) is 3.13. The maximum absolute atomic E-state index is 12.5. The van der Waals surface area contributed by atoms with Crippen LogP contribution in [0.1, 0.15) is 30.9 Å². The van der Waals surface area contributed by atoms with Crippen LogP contribution in [-0.4, -0.2) is 37.5 Å². The Bertz CT molecular complexity index is 387. The van der Waals surface area contributed by atoms with Gasteiger partial charge in [-0.05, 0) is 18.5 Å². The fraction of sp³-hybridized carbons (Fsp3) is 0.533. The third kappa shape index (κ3) is 5.39. The van der Waals surface area contributed by atoms with Gasteiger partial charge < -0.3 is 5.73 Å². The highest BCUT2D eigenvalue weighted by Crippen LogP contribution is 2.08. The Morgan fingerprint density at radius 1 is 1.26 bits per heavy atom. The molecule has 0 aliphatic carbocycles. The smallest absolute Gasteiger partial charge is 0.125 e. The van der Waals surface area contributed by atoms with E-state index in [9.17, 15) is 4.39 Å². The van der Waals surface area contributed by atoms with E-state index in [-0.39, 0.29) is 6.67 Å². The molecular formula is C15H24FN3. The number of alkyl halides is 1. The fourth-order valence-electron chi connectivity index (χ4n) is 1.94. The first-order chi connectivity index (χ1) is 9.21. The summed E-state index contributed by atoms with van der Waals surface area (Å²) in [5.74, 6) is 0.540. The number of unbranched alkanes of at least 4 members (excludes halogenated alkanes) is 1. The van der Waals surface area contributed by atoms with E-state index in [4.69, 9.17) is 5.73 Å². The molecule has 1 aromatic carbocycles. The second-order valence-electron chi connectivity index (χ2n) is 4.62. The number of aliphatic imine (C=N–C) groups is 1. The van der Waals surface area contributed by atoms with Gasteiger partial charge in [0.05, 0.1) is 0 Å². The van der Waals surface area contributed by atoms with Gasteiger partial charge in [0.1, 0.15) is 12.5 Å². The number of hydrogen-bond acceptors (Lipinski definition) is 2. The number of hydrogen-bond donors (Lipinski definition) is 1. The Kier molecular flexibility index (Phi) is 7.11. The summed E-state index contributed by atoms with van der Waals surface area (Å²) in [6.07, 6.45) is 2.23. The van der Waals surface area contributed by atoms with Gasteiger partial charge in [-0.25, -0.2) is 4.39 Å². The van der Waals surface area contributed by atoms with Gasteiger partial charge >= 0.3 is 0 Å². The molecule has 4 heteroatoms. The molecule has 0 aliphatic rings. The molecule has 2 N–H and O–H groups in total. The van der Waals surface area contributed by atoms with Crippen LogP contribution in [0.4, 0.5) is 4.39 Å². The summed E-state index contributed by atoms with van der Waals surface area (Å²) >= 11 is 0. The first kappa shape index (κ1) is 15.6. The molecule has 106 valence electrons. The van der Waals surface area contributed by atoms with Gasteiger partial charge in [-0.15, -0.1) is 0 Å². The second-order valence-corrected chi connectivity index (χ2v) is 4.62. The van der Waals surface area contributed by atoms with E-state index in [1.165, 1.54) is 5.56 Å². The fourth-order valence-corrected chi connectivity index (χ4v) is 1.94. The summed E-state index contributed by atoms with van der Waals surface area (Å²) in [5.41, 5.74) is 7.85. The molecule has 0 bridgehead atoms. The minimum Gasteiger partial charge on any atom is -0.384 e. The van der Waals surface area contributed by atoms with Crippen molar-refractivity contribution in [3.8, 4) is 0 Å². The van der Waals surface area contributed by atoms with Crippen LogP contribution in [0.5, 0.6) is 0 Å². The molecule has 1 rings (SSSR count). The van der Waals surface area contributed by atoms with Crippen molar-refractivity contribution < 1.29 is 4.39 Å². The van der Waals surface area contributed by atoms with Crippen molar-refractivity contribution in [1.82, 2.24) is 4.90 Å². The first-order valence-electron chi connectivity index (χ1n) is 6.81. The number of halogens is 1. The number of rotatable bonds is 8. The molecule has 0 unspecified atom stereocenters. The monoisotopic (exact) mass is 265 g/mol. The second kappa shape index (κ2) is 8.64. The summed E-state index contributed by atoms with van der Waals surface area (Å²) in [5, 5.41) is 0. The molecule has 0 saturated carbocycles. The van der Waals surface area contributed by atoms with Gasteiger partial charge in [-0.3, -0.25) is 9.89 Å². The SMILES string of the molecule is CCCCN(CCF)Cc1ccc(C(N)=NC)cc1. The Morgan fingerprint density at radius 2 is 1.95 bits per heavy atom. The highest BCUT2D eigenvalue weighted by Gasteiger charge is 2.06. The zero-order valence-corrected chi connectivity index (χ0v) is 11.9. The summed E-state index contributed by atoms with van der Waals surface area (Å²) < 4.78 is 12.5. The van der Waals surface area contributed by atoms with E-state index >= 15 is 0 Å². The van der Waals surface area contributed by atoms with Gasteiger partial charge in [0.15, 0.2) is 0 Å². The zero-order chi connectivity index (χ0) is 14.1. The van der Waals surface area contributed by atoms with Crippen LogP contribution in [0.2, 0.25) is 0 Å². The highest BCUT2D eigenvalue weighted by atomic mass is 19.1. The van der Waals surface area contributed by atoms with Crippen LogP contribution in [0, 0.1) is 0 Å². The first-order valence-corrected chi connectivity index (χ1v) is 6.81. The van der Waals surface area contributed by atoms with Crippen LogP contribution in [0.25, 0.3) is 0 Å². The van der Waals surface area contributed by atoms with Gasteiger partial charge in [-0.1, -0.05) is 37.6 Å². The zero-order valence-electron chi connectivity index (χ0n) is 11.9. The van der Waals surface area contributed by atoms with Gasteiger partial charge in [0.25, 0.3) is 0 Å². The highest BCUT2D eigenvalue weighted by molar-refractivity contribution is 5.97. The van der Waals surface area contributed by atoms with E-state index in [1.54, 1.807) is 7.05 Å². The molecule has 1 aromatic rings. The van der Waals surface area contributed by atoms with Gasteiger partial charge in [0, 0.05) is 25.7 Å². The molecular weight excluding hydrogens is 241 g/mol. The molecule has 0 amide bonds. The molecule has 3 nitrogen and oxygen atoms in total. The summed E-state index contributed by atoms with van der Waals surface area (Å²) in [6.45, 7) is 4.08. The number of nitrogens with zero attached hydrogens (tertiary/aromatic N) is 2. The molecule has 19 heavy (non-hydrogen) atoms. The standard InChI is InChI=1S/C15H24FN3/c1-3-4-10-19(11-9-16)12-13-5-7-14(8-6-13)15(17)18-2/h5-8H,3-4,9-12H2,1-2H3,(H2,17,18). The Morgan fingerprint density at radius 3 is 2.47 bits per heavy atom. The maximum atomic E-state index is 12.5. The van der Waals surface area contributed by atoms with Crippen LogP contribution >= 0.6 is 0 Å².